The molecule has 0 bridgehead atoms. The summed E-state index contributed by atoms with van der Waals surface area (Å²) >= 11 is 0. The van der Waals surface area contributed by atoms with Crippen LogP contribution in [0.5, 0.6) is 5.75 Å². The van der Waals surface area contributed by atoms with E-state index in [1.807, 2.05) is 31.2 Å². The van der Waals surface area contributed by atoms with Crippen molar-refractivity contribution in [2.45, 2.75) is 141 Å². The molecule has 0 heterocycles. The lowest BCUT2D eigenvalue weighted by molar-refractivity contribution is -0.137. The molecule has 0 unspecified atom stereocenters. The number of aliphatic hydroxyl groups excluding tert-OH is 3. The number of hydrogen-bond donors (Lipinski definition) is 8. The molecule has 1 aliphatic rings. The number of benzene rings is 2. The molecule has 0 saturated heterocycles. The first-order valence-corrected chi connectivity index (χ1v) is 19.6. The third-order valence-corrected chi connectivity index (χ3v) is 10.4. The summed E-state index contributed by atoms with van der Waals surface area (Å²) in [6, 6.07) is 15.1. The number of nitrogens with one attached hydrogen (secondary N) is 2. The van der Waals surface area contributed by atoms with Crippen LogP contribution in [0.1, 0.15) is 108 Å². The minimum atomic E-state index is -1.15. The van der Waals surface area contributed by atoms with Crippen LogP contribution >= 0.6 is 0 Å². The Morgan fingerprint density at radius 1 is 0.981 bits per heavy atom. The van der Waals surface area contributed by atoms with Gasteiger partial charge in [0.1, 0.15) is 5.75 Å². The average Bonchev–Trinajstić information content (AvgIpc) is 3.11. The topological polar surface area (TPSA) is 163 Å². The van der Waals surface area contributed by atoms with Crippen LogP contribution in [-0.4, -0.2) is 86.2 Å². The summed E-state index contributed by atoms with van der Waals surface area (Å²) in [5.41, 5.74) is 4.28. The van der Waals surface area contributed by atoms with Crippen molar-refractivity contribution in [2.24, 2.45) is 5.92 Å². The number of phenolic OH excluding ortho intramolecular Hbond substituents is 1. The summed E-state index contributed by atoms with van der Waals surface area (Å²) in [7, 11) is 0. The van der Waals surface area contributed by atoms with Crippen molar-refractivity contribution in [3.8, 4) is 5.75 Å². The Hall–Kier alpha value is -3.05. The fourth-order valence-electron chi connectivity index (χ4n) is 7.56. The lowest BCUT2D eigenvalue weighted by atomic mass is 9.77. The van der Waals surface area contributed by atoms with Gasteiger partial charge < -0.3 is 41.3 Å². The Balaban J connectivity index is 2.12. The molecule has 0 fully saturated rings. The van der Waals surface area contributed by atoms with Gasteiger partial charge in [-0.15, -0.1) is 0 Å². The van der Waals surface area contributed by atoms with Gasteiger partial charge in [0.15, 0.2) is 0 Å². The van der Waals surface area contributed by atoms with Crippen LogP contribution in [-0.2, 0) is 24.1 Å². The van der Waals surface area contributed by atoms with Crippen LogP contribution in [0, 0.1) is 5.92 Å². The third kappa shape index (κ3) is 15.5. The Labute approximate surface area is 311 Å². The second-order valence-corrected chi connectivity index (χ2v) is 15.0. The number of unbranched alkanes of at least 4 members (excludes halogenated alkanes) is 2. The van der Waals surface area contributed by atoms with E-state index in [-0.39, 0.29) is 43.1 Å². The number of carboxylic acid groups (broad SMARTS) is 1. The van der Waals surface area contributed by atoms with Crippen LogP contribution < -0.4 is 10.6 Å². The van der Waals surface area contributed by atoms with Crippen molar-refractivity contribution in [3.63, 3.8) is 0 Å². The van der Waals surface area contributed by atoms with E-state index < -0.39 is 30.4 Å². The van der Waals surface area contributed by atoms with Gasteiger partial charge in [0, 0.05) is 31.5 Å². The molecule has 0 radical (unpaired) electrons. The van der Waals surface area contributed by atoms with E-state index >= 15 is 0 Å². The summed E-state index contributed by atoms with van der Waals surface area (Å²) in [5, 5.41) is 70.4. The van der Waals surface area contributed by atoms with Gasteiger partial charge in [0.25, 0.3) is 0 Å². The van der Waals surface area contributed by atoms with Crippen molar-refractivity contribution in [3.05, 3.63) is 88.5 Å². The molecule has 8 N–H and O–H groups in total. The molecule has 52 heavy (non-hydrogen) atoms. The highest BCUT2D eigenvalue weighted by molar-refractivity contribution is 5.66. The number of aromatic hydroxyl groups is 1. The predicted octanol–water partition coefficient (Wildman–Crippen LogP) is 6.00. The molecule has 290 valence electrons. The number of fused-ring (bicyclic) bond motifs is 1. The molecule has 9 heteroatoms. The van der Waals surface area contributed by atoms with Crippen LogP contribution in [0.25, 0.3) is 0 Å². The SMILES string of the molecule is CCCCC[C@H](O)/C=C/C1=C(\C[C@H](O)CO)[C@H](NC[C@@](C)(O)Cc2ccc(O)cc2)[C@@H](CC[C@H](CCC(=O)O)NCC)CCc2ccccc2CC1. The summed E-state index contributed by atoms with van der Waals surface area (Å²) in [6.45, 7) is 6.55. The van der Waals surface area contributed by atoms with Gasteiger partial charge >= 0.3 is 5.97 Å². The number of hydrogen-bond acceptors (Lipinski definition) is 8. The molecule has 2 aromatic carbocycles. The zero-order chi connectivity index (χ0) is 37.9. The molecular formula is C43H66N2O7. The van der Waals surface area contributed by atoms with Crippen LogP contribution in [0.3, 0.4) is 0 Å². The summed E-state index contributed by atoms with van der Waals surface area (Å²) < 4.78 is 0. The van der Waals surface area contributed by atoms with Crippen LogP contribution in [0.15, 0.2) is 71.8 Å². The number of phenols is 1. The first kappa shape index (κ1) is 43.4. The van der Waals surface area contributed by atoms with Gasteiger partial charge in [-0.2, -0.15) is 0 Å². The molecule has 0 spiro atoms. The van der Waals surface area contributed by atoms with E-state index in [0.717, 1.165) is 74.6 Å². The summed E-state index contributed by atoms with van der Waals surface area (Å²) in [5.74, 6) is -0.606. The Bertz CT molecular complexity index is 1390. The number of aliphatic hydroxyl groups is 4. The number of aliphatic carboxylic acids is 1. The van der Waals surface area contributed by atoms with Crippen molar-refractivity contribution < 1.29 is 35.4 Å². The van der Waals surface area contributed by atoms with Gasteiger partial charge in [-0.05, 0) is 117 Å². The Morgan fingerprint density at radius 3 is 2.35 bits per heavy atom. The fourth-order valence-corrected chi connectivity index (χ4v) is 7.56. The maximum atomic E-state index is 11.7. The highest BCUT2D eigenvalue weighted by atomic mass is 16.4. The lowest BCUT2D eigenvalue weighted by Gasteiger charge is -2.37. The van der Waals surface area contributed by atoms with Crippen molar-refractivity contribution in [2.75, 3.05) is 19.7 Å². The van der Waals surface area contributed by atoms with Crippen LogP contribution in [0.4, 0.5) is 0 Å². The smallest absolute Gasteiger partial charge is 0.303 e. The fraction of sp³-hybridized carbons (Fsp3) is 0.605. The van der Waals surface area contributed by atoms with E-state index in [1.165, 1.54) is 11.1 Å². The predicted molar refractivity (Wildman–Crippen MR) is 208 cm³/mol. The van der Waals surface area contributed by atoms with E-state index in [0.29, 0.717) is 25.7 Å². The maximum Gasteiger partial charge on any atom is 0.303 e. The van der Waals surface area contributed by atoms with E-state index in [9.17, 15) is 35.4 Å². The molecule has 3 rings (SSSR count). The highest BCUT2D eigenvalue weighted by Gasteiger charge is 2.32. The summed E-state index contributed by atoms with van der Waals surface area (Å²) in [4.78, 5) is 11.5. The number of rotatable bonds is 22. The van der Waals surface area contributed by atoms with Gasteiger partial charge in [-0.1, -0.05) is 81.7 Å². The van der Waals surface area contributed by atoms with E-state index in [4.69, 9.17) is 0 Å². The zero-order valence-corrected chi connectivity index (χ0v) is 31.8. The first-order chi connectivity index (χ1) is 24.9. The second kappa shape index (κ2) is 22.9. The molecule has 6 atom stereocenters. The summed E-state index contributed by atoms with van der Waals surface area (Å²) in [6.07, 6.45) is 11.9. The van der Waals surface area contributed by atoms with Crippen LogP contribution in [0.2, 0.25) is 0 Å². The molecule has 0 amide bonds. The molecular weight excluding hydrogens is 656 g/mol. The quantitative estimate of drug-likeness (QED) is 0.0682. The maximum absolute atomic E-state index is 11.7. The van der Waals surface area contributed by atoms with Gasteiger partial charge in [-0.3, -0.25) is 4.79 Å². The average molecular weight is 723 g/mol. The second-order valence-electron chi connectivity index (χ2n) is 15.0. The minimum absolute atomic E-state index is 0.0233. The largest absolute Gasteiger partial charge is 0.508 e. The van der Waals surface area contributed by atoms with Gasteiger partial charge in [0.2, 0.25) is 0 Å². The Kier molecular flexibility index (Phi) is 19.1. The molecule has 0 aliphatic heterocycles. The van der Waals surface area contributed by atoms with Crippen molar-refractivity contribution >= 4 is 5.97 Å². The normalized spacial score (nSPS) is 21.3. The molecule has 1 aliphatic carbocycles. The van der Waals surface area contributed by atoms with Crippen molar-refractivity contribution in [1.29, 1.82) is 0 Å². The van der Waals surface area contributed by atoms with Gasteiger partial charge in [-0.25, -0.2) is 0 Å². The standard InChI is InChI=1S/C43H66N2O7/c1-4-6-7-12-37(47)25-20-34-17-15-32-10-8-9-11-33(32)16-18-35(19-21-36(44-5-2)22-26-41(50)51)42(40(34)27-39(49)29-46)45-30-43(3,52)28-31-13-23-38(48)24-14-31/h8-11,13-14,20,23-25,35-37,39,42,44-49,52H,4-7,12,15-19,21-22,26-30H2,1-3H3,(H,50,51)/b25-20+,40-34+/t35-,36-,37+,39+,42-,43+/m1/s1. The Morgan fingerprint density at radius 2 is 1.69 bits per heavy atom. The molecule has 0 saturated carbocycles. The third-order valence-electron chi connectivity index (χ3n) is 10.4. The number of carbonyl (C=O) groups is 1. The molecule has 2 aromatic rings. The molecule has 0 aromatic heterocycles. The van der Waals surface area contributed by atoms with E-state index in [2.05, 4.69) is 41.8 Å². The van der Waals surface area contributed by atoms with Crippen molar-refractivity contribution in [1.82, 2.24) is 10.6 Å². The monoisotopic (exact) mass is 722 g/mol. The van der Waals surface area contributed by atoms with E-state index in [1.54, 1.807) is 19.1 Å². The number of aryl methyl sites for hydroxylation is 2. The highest BCUT2D eigenvalue weighted by Crippen LogP contribution is 2.34. The molecule has 9 nitrogen and oxygen atoms in total. The number of allylic oxidation sites excluding steroid dienone is 2. The zero-order valence-electron chi connectivity index (χ0n) is 31.8. The lowest BCUT2D eigenvalue weighted by Crippen LogP contribution is -2.48. The minimum Gasteiger partial charge on any atom is -0.508 e. The number of carboxylic acids is 1. The first-order valence-electron chi connectivity index (χ1n) is 19.6. The van der Waals surface area contributed by atoms with Gasteiger partial charge in [0.05, 0.1) is 24.4 Å².